The zero-order chi connectivity index (χ0) is 24.0. The molecule has 0 bridgehead atoms. The zero-order valence-electron chi connectivity index (χ0n) is 19.1. The molecule has 0 aliphatic carbocycles. The monoisotopic (exact) mass is 495 g/mol. The molecule has 1 saturated heterocycles. The Morgan fingerprint density at radius 3 is 2.38 bits per heavy atom. The van der Waals surface area contributed by atoms with Gasteiger partial charge in [-0.2, -0.15) is 9.30 Å². The summed E-state index contributed by atoms with van der Waals surface area (Å²) in [6, 6.07) is 18.2. The van der Waals surface area contributed by atoms with Gasteiger partial charge in [0.15, 0.2) is 4.80 Å². The third kappa shape index (κ3) is 4.09. The number of morpholine rings is 1. The summed E-state index contributed by atoms with van der Waals surface area (Å²) in [5, 5.41) is 2.23. The van der Waals surface area contributed by atoms with Crippen LogP contribution in [0.2, 0.25) is 0 Å². The lowest BCUT2D eigenvalue weighted by atomic mass is 10.1. The van der Waals surface area contributed by atoms with Gasteiger partial charge in [0, 0.05) is 31.1 Å². The molecule has 9 heteroatoms. The molecule has 0 spiro atoms. The van der Waals surface area contributed by atoms with E-state index in [2.05, 4.69) is 23.2 Å². The van der Waals surface area contributed by atoms with Gasteiger partial charge in [-0.1, -0.05) is 41.7 Å². The van der Waals surface area contributed by atoms with Crippen molar-refractivity contribution < 1.29 is 17.9 Å². The van der Waals surface area contributed by atoms with Gasteiger partial charge in [-0.15, -0.1) is 0 Å². The van der Waals surface area contributed by atoms with E-state index in [1.807, 2.05) is 43.7 Å². The molecule has 1 aliphatic rings. The second kappa shape index (κ2) is 8.74. The number of thiazole rings is 1. The molecular formula is C25H25N3O4S2. The SMILES string of the molecule is C[C@H]1CN(S(=O)(=O)c2ccc(C(=O)N=c3sc4ccc5ccccc5c4n3C)cc2)C[C@H](C)O1. The average molecular weight is 496 g/mol. The van der Waals surface area contributed by atoms with E-state index in [4.69, 9.17) is 4.74 Å². The van der Waals surface area contributed by atoms with E-state index in [9.17, 15) is 13.2 Å². The van der Waals surface area contributed by atoms with Gasteiger partial charge >= 0.3 is 0 Å². The molecular weight excluding hydrogens is 470 g/mol. The molecule has 0 unspecified atom stereocenters. The van der Waals surface area contributed by atoms with E-state index in [0.29, 0.717) is 23.5 Å². The van der Waals surface area contributed by atoms with Gasteiger partial charge in [-0.3, -0.25) is 4.79 Å². The third-order valence-corrected chi connectivity index (χ3v) is 8.95. The Kier molecular flexibility index (Phi) is 5.89. The molecule has 0 saturated carbocycles. The van der Waals surface area contributed by atoms with Crippen LogP contribution >= 0.6 is 11.3 Å². The number of benzene rings is 3. The maximum absolute atomic E-state index is 13.1. The number of fused-ring (bicyclic) bond motifs is 3. The van der Waals surface area contributed by atoms with Gasteiger partial charge in [0.2, 0.25) is 10.0 Å². The first-order valence-corrected chi connectivity index (χ1v) is 13.3. The molecule has 1 amide bonds. The van der Waals surface area contributed by atoms with E-state index in [-0.39, 0.29) is 17.1 Å². The second-order valence-electron chi connectivity index (χ2n) is 8.60. The van der Waals surface area contributed by atoms with Crippen molar-refractivity contribution in [2.75, 3.05) is 13.1 Å². The lowest BCUT2D eigenvalue weighted by Crippen LogP contribution is -2.48. The standard InChI is InChI=1S/C25H25N3O4S2/c1-16-14-28(15-17(2)32-16)34(30,31)20-11-8-19(9-12-20)24(29)26-25-27(3)23-21-7-5-4-6-18(21)10-13-22(23)33-25/h4-13,16-17H,14-15H2,1-3H3/t16-,17-/m0/s1. The van der Waals surface area contributed by atoms with Crippen LogP contribution < -0.4 is 4.80 Å². The fourth-order valence-electron chi connectivity index (χ4n) is 4.42. The summed E-state index contributed by atoms with van der Waals surface area (Å²) < 4.78 is 36.2. The maximum Gasteiger partial charge on any atom is 0.279 e. The van der Waals surface area contributed by atoms with Crippen LogP contribution in [0.4, 0.5) is 0 Å². The Bertz CT molecular complexity index is 1560. The first-order valence-electron chi connectivity index (χ1n) is 11.1. The Morgan fingerprint density at radius 1 is 1.00 bits per heavy atom. The number of ether oxygens (including phenoxy) is 1. The highest BCUT2D eigenvalue weighted by Crippen LogP contribution is 2.26. The number of hydrogen-bond acceptors (Lipinski definition) is 5. The first-order chi connectivity index (χ1) is 16.2. The Balaban J connectivity index is 1.45. The quantitative estimate of drug-likeness (QED) is 0.431. The minimum Gasteiger partial charge on any atom is -0.373 e. The Hall–Kier alpha value is -2.85. The number of aryl methyl sites for hydroxylation is 1. The van der Waals surface area contributed by atoms with Crippen molar-refractivity contribution in [3.05, 3.63) is 71.0 Å². The smallest absolute Gasteiger partial charge is 0.279 e. The molecule has 4 aromatic rings. The summed E-state index contributed by atoms with van der Waals surface area (Å²) in [4.78, 5) is 18.0. The van der Waals surface area contributed by atoms with Gasteiger partial charge in [-0.25, -0.2) is 8.42 Å². The summed E-state index contributed by atoms with van der Waals surface area (Å²) in [7, 11) is -1.76. The number of aromatic nitrogens is 1. The van der Waals surface area contributed by atoms with Crippen molar-refractivity contribution in [3.63, 3.8) is 0 Å². The number of rotatable bonds is 3. The number of carbonyl (C=O) groups is 1. The van der Waals surface area contributed by atoms with Crippen molar-refractivity contribution in [2.24, 2.45) is 12.0 Å². The zero-order valence-corrected chi connectivity index (χ0v) is 20.8. The van der Waals surface area contributed by atoms with Crippen molar-refractivity contribution in [1.82, 2.24) is 8.87 Å². The molecule has 3 aromatic carbocycles. The van der Waals surface area contributed by atoms with Crippen LogP contribution in [0.15, 0.2) is 70.6 Å². The number of nitrogens with zero attached hydrogens (tertiary/aromatic N) is 3. The molecule has 34 heavy (non-hydrogen) atoms. The van der Waals surface area contributed by atoms with Gasteiger partial charge in [0.1, 0.15) is 0 Å². The molecule has 2 atom stereocenters. The van der Waals surface area contributed by atoms with Crippen LogP contribution in [0.5, 0.6) is 0 Å². The van der Waals surface area contributed by atoms with Crippen LogP contribution in [-0.2, 0) is 21.8 Å². The summed E-state index contributed by atoms with van der Waals surface area (Å²) in [6.45, 7) is 4.33. The normalized spacial score (nSPS) is 20.3. The van der Waals surface area contributed by atoms with E-state index in [0.717, 1.165) is 21.0 Å². The van der Waals surface area contributed by atoms with E-state index >= 15 is 0 Å². The van der Waals surface area contributed by atoms with E-state index in [1.165, 1.54) is 39.9 Å². The number of carbonyl (C=O) groups excluding carboxylic acids is 1. The minimum atomic E-state index is -3.66. The fourth-order valence-corrected chi connectivity index (χ4v) is 7.04. The molecule has 1 fully saturated rings. The Morgan fingerprint density at radius 2 is 1.68 bits per heavy atom. The second-order valence-corrected chi connectivity index (χ2v) is 11.5. The van der Waals surface area contributed by atoms with Crippen LogP contribution in [0.25, 0.3) is 21.0 Å². The summed E-state index contributed by atoms with van der Waals surface area (Å²) in [5.41, 5.74) is 1.37. The first kappa shape index (κ1) is 22.9. The third-order valence-electron chi connectivity index (χ3n) is 6.01. The minimum absolute atomic E-state index is 0.157. The van der Waals surface area contributed by atoms with E-state index in [1.54, 1.807) is 0 Å². The molecule has 0 radical (unpaired) electrons. The van der Waals surface area contributed by atoms with Crippen LogP contribution in [0.3, 0.4) is 0 Å². The van der Waals surface area contributed by atoms with Crippen LogP contribution in [0.1, 0.15) is 24.2 Å². The molecule has 5 rings (SSSR count). The van der Waals surface area contributed by atoms with Gasteiger partial charge < -0.3 is 9.30 Å². The molecule has 176 valence electrons. The van der Waals surface area contributed by atoms with Crippen molar-refractivity contribution in [1.29, 1.82) is 0 Å². The highest BCUT2D eigenvalue weighted by molar-refractivity contribution is 7.89. The summed E-state index contributed by atoms with van der Waals surface area (Å²) in [5.74, 6) is -0.413. The van der Waals surface area contributed by atoms with E-state index < -0.39 is 15.9 Å². The van der Waals surface area contributed by atoms with Crippen LogP contribution in [0, 0.1) is 0 Å². The largest absolute Gasteiger partial charge is 0.373 e. The summed E-state index contributed by atoms with van der Waals surface area (Å²) >= 11 is 1.45. The van der Waals surface area contributed by atoms with Gasteiger partial charge in [-0.05, 0) is 49.6 Å². The lowest BCUT2D eigenvalue weighted by Gasteiger charge is -2.34. The highest BCUT2D eigenvalue weighted by Gasteiger charge is 2.32. The van der Waals surface area contributed by atoms with Gasteiger partial charge in [0.25, 0.3) is 5.91 Å². The lowest BCUT2D eigenvalue weighted by molar-refractivity contribution is -0.0440. The predicted molar refractivity (Wildman–Crippen MR) is 133 cm³/mol. The summed E-state index contributed by atoms with van der Waals surface area (Å²) in [6.07, 6.45) is -0.338. The fraction of sp³-hybridized carbons (Fsp3) is 0.280. The molecule has 2 heterocycles. The average Bonchev–Trinajstić information content (AvgIpc) is 3.14. The molecule has 0 N–H and O–H groups in total. The molecule has 1 aliphatic heterocycles. The maximum atomic E-state index is 13.1. The topological polar surface area (TPSA) is 81.0 Å². The number of sulfonamides is 1. The van der Waals surface area contributed by atoms with Crippen molar-refractivity contribution in [3.8, 4) is 0 Å². The molecule has 1 aromatic heterocycles. The van der Waals surface area contributed by atoms with Crippen LogP contribution in [-0.4, -0.2) is 48.5 Å². The number of hydrogen-bond donors (Lipinski definition) is 0. The number of amides is 1. The Labute approximate surface area is 202 Å². The van der Waals surface area contributed by atoms with Crippen molar-refractivity contribution >= 4 is 48.3 Å². The molecule has 7 nitrogen and oxygen atoms in total. The predicted octanol–water partition coefficient (Wildman–Crippen LogP) is 3.93. The van der Waals surface area contributed by atoms with Gasteiger partial charge in [0.05, 0.1) is 27.3 Å². The highest BCUT2D eigenvalue weighted by atomic mass is 32.2. The van der Waals surface area contributed by atoms with Crippen molar-refractivity contribution in [2.45, 2.75) is 31.0 Å².